The number of halogens is 1. The molecule has 1 atom stereocenters. The molecule has 0 saturated heterocycles. The van der Waals surface area contributed by atoms with Gasteiger partial charge >= 0.3 is 0 Å². The lowest BCUT2D eigenvalue weighted by Crippen LogP contribution is -2.40. The van der Waals surface area contributed by atoms with Crippen LogP contribution >= 0.6 is 23.4 Å². The quantitative estimate of drug-likeness (QED) is 0.837. The maximum atomic E-state index is 11.6. The fourth-order valence-corrected chi connectivity index (χ4v) is 2.24. The molecule has 1 heterocycles. The van der Waals surface area contributed by atoms with E-state index < -0.39 is 0 Å². The van der Waals surface area contributed by atoms with Crippen LogP contribution in [0.4, 0.5) is 11.4 Å². The zero-order valence-electron chi connectivity index (χ0n) is 8.21. The van der Waals surface area contributed by atoms with Gasteiger partial charge in [0.15, 0.2) is 0 Å². The first kappa shape index (κ1) is 10.6. The van der Waals surface area contributed by atoms with Crippen molar-refractivity contribution in [3.05, 3.63) is 23.2 Å². The lowest BCUT2D eigenvalue weighted by molar-refractivity contribution is -0.116. The van der Waals surface area contributed by atoms with Crippen molar-refractivity contribution in [2.75, 3.05) is 22.6 Å². The van der Waals surface area contributed by atoms with E-state index in [2.05, 4.69) is 10.6 Å². The Hall–Kier alpha value is -0.870. The maximum Gasteiger partial charge on any atom is 0.247 e. The zero-order valence-corrected chi connectivity index (χ0v) is 9.78. The molecule has 1 aliphatic rings. The molecule has 0 aromatic heterocycles. The molecule has 0 bridgehead atoms. The molecule has 0 unspecified atom stereocenters. The van der Waals surface area contributed by atoms with E-state index in [4.69, 9.17) is 11.6 Å². The number of thioether (sulfide) groups is 1. The number of carbonyl (C=O) groups is 1. The highest BCUT2D eigenvalue weighted by atomic mass is 35.5. The summed E-state index contributed by atoms with van der Waals surface area (Å²) in [4.78, 5) is 11.6. The highest BCUT2D eigenvalue weighted by Crippen LogP contribution is 2.29. The zero-order chi connectivity index (χ0) is 10.8. The molecular formula is C10H11ClN2OS. The summed E-state index contributed by atoms with van der Waals surface area (Å²) in [5.41, 5.74) is 1.68. The summed E-state index contributed by atoms with van der Waals surface area (Å²) in [6.45, 7) is 0. The van der Waals surface area contributed by atoms with Crippen LogP contribution in [0, 0.1) is 0 Å². The second-order valence-corrected chi connectivity index (χ2v) is 4.68. The lowest BCUT2D eigenvalue weighted by atomic mass is 10.1. The van der Waals surface area contributed by atoms with Crippen LogP contribution in [0.3, 0.4) is 0 Å². The first-order chi connectivity index (χ1) is 7.20. The summed E-state index contributed by atoms with van der Waals surface area (Å²) in [6.07, 6.45) is 1.97. The normalized spacial score (nSPS) is 19.1. The Morgan fingerprint density at radius 2 is 2.27 bits per heavy atom. The Morgan fingerprint density at radius 3 is 3.00 bits per heavy atom. The van der Waals surface area contributed by atoms with Gasteiger partial charge in [0.2, 0.25) is 5.91 Å². The lowest BCUT2D eigenvalue weighted by Gasteiger charge is -2.26. The Balaban J connectivity index is 2.26. The van der Waals surface area contributed by atoms with E-state index in [0.717, 1.165) is 17.1 Å². The van der Waals surface area contributed by atoms with Crippen molar-refractivity contribution in [1.29, 1.82) is 0 Å². The van der Waals surface area contributed by atoms with Gasteiger partial charge in [0.25, 0.3) is 0 Å². The minimum absolute atomic E-state index is 0.0131. The Labute approximate surface area is 97.6 Å². The molecule has 1 aromatic rings. The van der Waals surface area contributed by atoms with Crippen molar-refractivity contribution in [3.8, 4) is 0 Å². The molecule has 1 aromatic carbocycles. The second-order valence-electron chi connectivity index (χ2n) is 3.33. The molecule has 2 N–H and O–H groups in total. The van der Waals surface area contributed by atoms with Crippen molar-refractivity contribution < 1.29 is 4.79 Å². The molecule has 0 radical (unpaired) electrons. The van der Waals surface area contributed by atoms with Gasteiger partial charge < -0.3 is 10.6 Å². The average Bonchev–Trinajstić information content (AvgIpc) is 2.20. The predicted molar refractivity (Wildman–Crippen MR) is 65.9 cm³/mol. The van der Waals surface area contributed by atoms with E-state index >= 15 is 0 Å². The maximum absolute atomic E-state index is 11.6. The SMILES string of the molecule is CSC[C@H]1Nc2cc(Cl)ccc2NC1=O. The third-order valence-electron chi connectivity index (χ3n) is 2.22. The number of anilines is 2. The third kappa shape index (κ3) is 2.21. The van der Waals surface area contributed by atoms with E-state index in [0.29, 0.717) is 5.02 Å². The van der Waals surface area contributed by atoms with Crippen LogP contribution in [0.25, 0.3) is 0 Å². The highest BCUT2D eigenvalue weighted by molar-refractivity contribution is 7.98. The van der Waals surface area contributed by atoms with Crippen molar-refractivity contribution in [2.45, 2.75) is 6.04 Å². The van der Waals surface area contributed by atoms with Crippen LogP contribution in [0.5, 0.6) is 0 Å². The third-order valence-corrected chi connectivity index (χ3v) is 3.12. The van der Waals surface area contributed by atoms with E-state index in [-0.39, 0.29) is 11.9 Å². The summed E-state index contributed by atoms with van der Waals surface area (Å²) in [6, 6.07) is 5.21. The summed E-state index contributed by atoms with van der Waals surface area (Å²) in [5, 5.41) is 6.69. The first-order valence-electron chi connectivity index (χ1n) is 4.56. The molecule has 15 heavy (non-hydrogen) atoms. The number of fused-ring (bicyclic) bond motifs is 1. The van der Waals surface area contributed by atoms with Crippen LogP contribution in [-0.4, -0.2) is 24.0 Å². The van der Waals surface area contributed by atoms with Gasteiger partial charge in [0.1, 0.15) is 6.04 Å². The van der Waals surface area contributed by atoms with Crippen LogP contribution < -0.4 is 10.6 Å². The van der Waals surface area contributed by atoms with Crippen LogP contribution in [-0.2, 0) is 4.79 Å². The van der Waals surface area contributed by atoms with Gasteiger partial charge in [-0.25, -0.2) is 0 Å². The summed E-state index contributed by atoms with van der Waals surface area (Å²) in [5.74, 6) is 0.761. The monoisotopic (exact) mass is 242 g/mol. The van der Waals surface area contributed by atoms with Gasteiger partial charge in [-0.3, -0.25) is 4.79 Å². The van der Waals surface area contributed by atoms with Gasteiger partial charge in [-0.2, -0.15) is 11.8 Å². The smallest absolute Gasteiger partial charge is 0.247 e. The average molecular weight is 243 g/mol. The van der Waals surface area contributed by atoms with Gasteiger partial charge in [0.05, 0.1) is 11.4 Å². The number of nitrogens with one attached hydrogen (secondary N) is 2. The molecule has 3 nitrogen and oxygen atoms in total. The molecule has 0 saturated carbocycles. The summed E-state index contributed by atoms with van der Waals surface area (Å²) >= 11 is 7.51. The number of hydrogen-bond donors (Lipinski definition) is 2. The Bertz CT molecular complexity index is 397. The molecule has 0 fully saturated rings. The molecule has 1 aliphatic heterocycles. The topological polar surface area (TPSA) is 41.1 Å². The van der Waals surface area contributed by atoms with Gasteiger partial charge in [-0.1, -0.05) is 11.6 Å². The van der Waals surface area contributed by atoms with Crippen molar-refractivity contribution in [1.82, 2.24) is 0 Å². The minimum atomic E-state index is -0.175. The molecule has 2 rings (SSSR count). The van der Waals surface area contributed by atoms with Gasteiger partial charge in [-0.15, -0.1) is 0 Å². The fourth-order valence-electron chi connectivity index (χ4n) is 1.50. The molecule has 5 heteroatoms. The van der Waals surface area contributed by atoms with Crippen LogP contribution in [0.15, 0.2) is 18.2 Å². The van der Waals surface area contributed by atoms with Gasteiger partial charge in [-0.05, 0) is 24.5 Å². The number of benzene rings is 1. The van der Waals surface area contributed by atoms with E-state index in [9.17, 15) is 4.79 Å². The first-order valence-corrected chi connectivity index (χ1v) is 6.34. The van der Waals surface area contributed by atoms with Crippen molar-refractivity contribution in [3.63, 3.8) is 0 Å². The summed E-state index contributed by atoms with van der Waals surface area (Å²) < 4.78 is 0. The fraction of sp³-hybridized carbons (Fsp3) is 0.300. The number of carbonyl (C=O) groups excluding carboxylic acids is 1. The number of amides is 1. The van der Waals surface area contributed by atoms with Gasteiger partial charge in [0, 0.05) is 10.8 Å². The Morgan fingerprint density at radius 1 is 1.47 bits per heavy atom. The molecular weight excluding hydrogens is 232 g/mol. The molecule has 0 spiro atoms. The minimum Gasteiger partial charge on any atom is -0.371 e. The van der Waals surface area contributed by atoms with Crippen molar-refractivity contribution >= 4 is 40.6 Å². The van der Waals surface area contributed by atoms with Crippen LogP contribution in [0.2, 0.25) is 5.02 Å². The standard InChI is InChI=1S/C10H11ClN2OS/c1-15-5-9-10(14)13-7-3-2-6(11)4-8(7)12-9/h2-4,9,12H,5H2,1H3,(H,13,14)/t9-/m1/s1. The van der Waals surface area contributed by atoms with E-state index in [1.54, 1.807) is 23.9 Å². The number of hydrogen-bond acceptors (Lipinski definition) is 3. The molecule has 80 valence electrons. The van der Waals surface area contributed by atoms with Crippen molar-refractivity contribution in [2.24, 2.45) is 0 Å². The van der Waals surface area contributed by atoms with E-state index in [1.807, 2.05) is 12.3 Å². The Kier molecular flexibility index (Phi) is 3.07. The van der Waals surface area contributed by atoms with E-state index in [1.165, 1.54) is 0 Å². The molecule has 0 aliphatic carbocycles. The second kappa shape index (κ2) is 4.33. The number of rotatable bonds is 2. The molecule has 1 amide bonds. The van der Waals surface area contributed by atoms with Crippen LogP contribution in [0.1, 0.15) is 0 Å². The largest absolute Gasteiger partial charge is 0.371 e. The summed E-state index contributed by atoms with van der Waals surface area (Å²) in [7, 11) is 0. The highest BCUT2D eigenvalue weighted by Gasteiger charge is 2.24. The predicted octanol–water partition coefficient (Wildman–Crippen LogP) is 2.44.